The van der Waals surface area contributed by atoms with E-state index in [0.29, 0.717) is 0 Å². The second kappa shape index (κ2) is 6.74. The van der Waals surface area contributed by atoms with Crippen LogP contribution >= 0.6 is 0 Å². The van der Waals surface area contributed by atoms with Crippen molar-refractivity contribution in [2.45, 2.75) is 20.8 Å². The Kier molecular flexibility index (Phi) is 5.31. The summed E-state index contributed by atoms with van der Waals surface area (Å²) in [6.07, 6.45) is 1.43. The standard InChI is InChI=1S/C13H18N2O5/c1-5-19-12(17)9-7-15(4)11(13(18)20-6-2)10(9)14-8(3)16/h7H,5-6H2,1-4H3,(H,14,16). The fraction of sp³-hybridized carbons (Fsp3) is 0.462. The summed E-state index contributed by atoms with van der Waals surface area (Å²) in [4.78, 5) is 35.0. The lowest BCUT2D eigenvalue weighted by Gasteiger charge is -2.08. The van der Waals surface area contributed by atoms with Gasteiger partial charge in [-0.05, 0) is 13.8 Å². The molecular weight excluding hydrogens is 264 g/mol. The van der Waals surface area contributed by atoms with E-state index >= 15 is 0 Å². The zero-order chi connectivity index (χ0) is 15.3. The first-order valence-corrected chi connectivity index (χ1v) is 6.23. The number of carbonyl (C=O) groups excluding carboxylic acids is 3. The normalized spacial score (nSPS) is 10.0. The Morgan fingerprint density at radius 2 is 1.70 bits per heavy atom. The number of rotatable bonds is 5. The zero-order valence-corrected chi connectivity index (χ0v) is 12.0. The van der Waals surface area contributed by atoms with E-state index in [1.54, 1.807) is 20.9 Å². The number of aryl methyl sites for hydroxylation is 1. The minimum atomic E-state index is -0.616. The Morgan fingerprint density at radius 1 is 1.15 bits per heavy atom. The van der Waals surface area contributed by atoms with Gasteiger partial charge in [0.25, 0.3) is 0 Å². The van der Waals surface area contributed by atoms with Crippen molar-refractivity contribution in [2.24, 2.45) is 7.05 Å². The zero-order valence-electron chi connectivity index (χ0n) is 12.0. The van der Waals surface area contributed by atoms with Crippen LogP contribution in [0.3, 0.4) is 0 Å². The second-order valence-electron chi connectivity index (χ2n) is 4.00. The molecule has 7 nitrogen and oxygen atoms in total. The summed E-state index contributed by atoms with van der Waals surface area (Å²) in [6.45, 7) is 5.02. The van der Waals surface area contributed by atoms with E-state index < -0.39 is 17.8 Å². The summed E-state index contributed by atoms with van der Waals surface area (Å²) in [5.74, 6) is -1.62. The molecule has 0 unspecified atom stereocenters. The van der Waals surface area contributed by atoms with Crippen molar-refractivity contribution in [3.8, 4) is 0 Å². The molecule has 20 heavy (non-hydrogen) atoms. The fourth-order valence-corrected chi connectivity index (χ4v) is 1.74. The van der Waals surface area contributed by atoms with Crippen LogP contribution in [0.2, 0.25) is 0 Å². The molecule has 1 aromatic rings. The number of carbonyl (C=O) groups is 3. The quantitative estimate of drug-likeness (QED) is 0.823. The number of amides is 1. The molecule has 0 bridgehead atoms. The molecular formula is C13H18N2O5. The number of ether oxygens (including phenoxy) is 2. The molecule has 110 valence electrons. The van der Waals surface area contributed by atoms with Crippen LogP contribution in [0.4, 0.5) is 5.69 Å². The van der Waals surface area contributed by atoms with Gasteiger partial charge >= 0.3 is 11.9 Å². The summed E-state index contributed by atoms with van der Waals surface area (Å²) < 4.78 is 11.2. The Hall–Kier alpha value is -2.31. The van der Waals surface area contributed by atoms with Crippen molar-refractivity contribution in [1.82, 2.24) is 4.57 Å². The van der Waals surface area contributed by atoms with Gasteiger partial charge in [0.15, 0.2) is 5.69 Å². The van der Waals surface area contributed by atoms with Crippen LogP contribution < -0.4 is 5.32 Å². The highest BCUT2D eigenvalue weighted by molar-refractivity contribution is 6.08. The van der Waals surface area contributed by atoms with Gasteiger partial charge in [-0.15, -0.1) is 0 Å². The Balaban J connectivity index is 3.31. The molecule has 1 rings (SSSR count). The maximum atomic E-state index is 11.9. The summed E-state index contributed by atoms with van der Waals surface area (Å²) in [5.41, 5.74) is 0.328. The minimum absolute atomic E-state index is 0.102. The van der Waals surface area contributed by atoms with Gasteiger partial charge < -0.3 is 19.4 Å². The largest absolute Gasteiger partial charge is 0.462 e. The van der Waals surface area contributed by atoms with E-state index in [1.807, 2.05) is 0 Å². The topological polar surface area (TPSA) is 86.6 Å². The average Bonchev–Trinajstić information content (AvgIpc) is 2.66. The number of nitrogens with zero attached hydrogens (tertiary/aromatic N) is 1. The Bertz CT molecular complexity index is 533. The smallest absolute Gasteiger partial charge is 0.357 e. The number of nitrogens with one attached hydrogen (secondary N) is 1. The van der Waals surface area contributed by atoms with Gasteiger partial charge in [0, 0.05) is 20.2 Å². The van der Waals surface area contributed by atoms with E-state index in [2.05, 4.69) is 5.32 Å². The lowest BCUT2D eigenvalue weighted by atomic mass is 10.2. The van der Waals surface area contributed by atoms with E-state index in [-0.39, 0.29) is 30.2 Å². The van der Waals surface area contributed by atoms with Gasteiger partial charge in [0.05, 0.1) is 18.9 Å². The fourth-order valence-electron chi connectivity index (χ4n) is 1.74. The number of aromatic nitrogens is 1. The number of esters is 2. The number of hydrogen-bond donors (Lipinski definition) is 1. The van der Waals surface area contributed by atoms with Crippen LogP contribution in [0, 0.1) is 0 Å². The van der Waals surface area contributed by atoms with E-state index in [0.717, 1.165) is 0 Å². The molecule has 0 atom stereocenters. The highest BCUT2D eigenvalue weighted by Crippen LogP contribution is 2.25. The van der Waals surface area contributed by atoms with Crippen LogP contribution in [-0.4, -0.2) is 35.6 Å². The summed E-state index contributed by atoms with van der Waals surface area (Å²) in [5, 5.41) is 2.48. The predicted molar refractivity (Wildman–Crippen MR) is 71.6 cm³/mol. The first-order valence-electron chi connectivity index (χ1n) is 6.23. The molecule has 0 fully saturated rings. The molecule has 1 heterocycles. The van der Waals surface area contributed by atoms with Gasteiger partial charge in [-0.3, -0.25) is 4.79 Å². The summed E-state index contributed by atoms with van der Waals surface area (Å²) >= 11 is 0. The lowest BCUT2D eigenvalue weighted by Crippen LogP contribution is -2.16. The summed E-state index contributed by atoms with van der Waals surface area (Å²) in [6, 6.07) is 0. The van der Waals surface area contributed by atoms with Crippen LogP contribution in [0.1, 0.15) is 41.6 Å². The highest BCUT2D eigenvalue weighted by atomic mass is 16.5. The van der Waals surface area contributed by atoms with E-state index in [4.69, 9.17) is 9.47 Å². The molecule has 0 radical (unpaired) electrons. The van der Waals surface area contributed by atoms with Gasteiger partial charge in [0.1, 0.15) is 5.56 Å². The lowest BCUT2D eigenvalue weighted by molar-refractivity contribution is -0.114. The number of hydrogen-bond acceptors (Lipinski definition) is 5. The molecule has 1 aromatic heterocycles. The van der Waals surface area contributed by atoms with Crippen molar-refractivity contribution >= 4 is 23.5 Å². The minimum Gasteiger partial charge on any atom is -0.462 e. The third-order valence-corrected chi connectivity index (χ3v) is 2.45. The van der Waals surface area contributed by atoms with Crippen molar-refractivity contribution in [2.75, 3.05) is 18.5 Å². The van der Waals surface area contributed by atoms with Crippen molar-refractivity contribution in [3.05, 3.63) is 17.5 Å². The first kappa shape index (κ1) is 15.7. The van der Waals surface area contributed by atoms with Crippen molar-refractivity contribution < 1.29 is 23.9 Å². The highest BCUT2D eigenvalue weighted by Gasteiger charge is 2.26. The maximum Gasteiger partial charge on any atom is 0.357 e. The molecule has 7 heteroatoms. The Morgan fingerprint density at radius 3 is 2.20 bits per heavy atom. The van der Waals surface area contributed by atoms with E-state index in [1.165, 1.54) is 17.7 Å². The average molecular weight is 282 g/mol. The van der Waals surface area contributed by atoms with Gasteiger partial charge in [-0.25, -0.2) is 9.59 Å². The number of anilines is 1. The van der Waals surface area contributed by atoms with Gasteiger partial charge in [0.2, 0.25) is 5.91 Å². The molecule has 0 aliphatic heterocycles. The second-order valence-corrected chi connectivity index (χ2v) is 4.00. The molecule has 0 spiro atoms. The Labute approximate surface area is 116 Å². The monoisotopic (exact) mass is 282 g/mol. The molecule has 1 amide bonds. The maximum absolute atomic E-state index is 11.9. The third-order valence-electron chi connectivity index (χ3n) is 2.45. The van der Waals surface area contributed by atoms with Crippen LogP contribution in [-0.2, 0) is 21.3 Å². The first-order chi connectivity index (χ1) is 9.42. The van der Waals surface area contributed by atoms with Crippen LogP contribution in [0.25, 0.3) is 0 Å². The third kappa shape index (κ3) is 3.37. The van der Waals surface area contributed by atoms with Crippen LogP contribution in [0.5, 0.6) is 0 Å². The molecule has 1 N–H and O–H groups in total. The van der Waals surface area contributed by atoms with Crippen molar-refractivity contribution in [3.63, 3.8) is 0 Å². The molecule has 0 saturated heterocycles. The van der Waals surface area contributed by atoms with E-state index in [9.17, 15) is 14.4 Å². The predicted octanol–water partition coefficient (Wildman–Crippen LogP) is 1.34. The van der Waals surface area contributed by atoms with Gasteiger partial charge in [-0.2, -0.15) is 0 Å². The molecule has 0 saturated carbocycles. The van der Waals surface area contributed by atoms with Crippen LogP contribution in [0.15, 0.2) is 6.20 Å². The SMILES string of the molecule is CCOC(=O)c1cn(C)c(C(=O)OCC)c1NC(C)=O. The molecule has 0 aliphatic carbocycles. The van der Waals surface area contributed by atoms with Crippen molar-refractivity contribution in [1.29, 1.82) is 0 Å². The summed E-state index contributed by atoms with van der Waals surface area (Å²) in [7, 11) is 1.58. The molecule has 0 aromatic carbocycles. The van der Waals surface area contributed by atoms with Gasteiger partial charge in [-0.1, -0.05) is 0 Å². The molecule has 0 aliphatic rings.